The maximum Gasteiger partial charge on any atom is 0.271 e. The van der Waals surface area contributed by atoms with Crippen LogP contribution in [0, 0.1) is 11.6 Å². The van der Waals surface area contributed by atoms with E-state index in [-0.39, 0.29) is 41.8 Å². The van der Waals surface area contributed by atoms with E-state index >= 15 is 0 Å². The zero-order valence-corrected chi connectivity index (χ0v) is 17.8. The number of carbonyl (C=O) groups excluding carboxylic acids is 1. The Labute approximate surface area is 192 Å². The Morgan fingerprint density at radius 2 is 1.88 bits per heavy atom. The number of alkyl halides is 1. The van der Waals surface area contributed by atoms with Gasteiger partial charge in [0.25, 0.3) is 5.91 Å². The lowest BCUT2D eigenvalue weighted by Crippen LogP contribution is -2.38. The van der Waals surface area contributed by atoms with Gasteiger partial charge in [-0.1, -0.05) is 12.1 Å². The summed E-state index contributed by atoms with van der Waals surface area (Å²) in [4.78, 5) is 25.6. The van der Waals surface area contributed by atoms with Gasteiger partial charge in [-0.3, -0.25) is 9.78 Å². The molecule has 0 radical (unpaired) electrons. The molecule has 172 valence electrons. The van der Waals surface area contributed by atoms with E-state index in [1.807, 2.05) is 0 Å². The van der Waals surface area contributed by atoms with Crippen molar-refractivity contribution in [3.8, 4) is 22.5 Å². The number of aromatic nitrogens is 3. The summed E-state index contributed by atoms with van der Waals surface area (Å²) in [5.74, 6) is -2.92. The molecule has 3 atom stereocenters. The largest absolute Gasteiger partial charge is 0.390 e. The van der Waals surface area contributed by atoms with Crippen molar-refractivity contribution >= 4 is 17.5 Å². The third kappa shape index (κ3) is 4.69. The molecule has 1 aliphatic heterocycles. The average Bonchev–Trinajstić information content (AvgIpc) is 2.81. The maximum absolute atomic E-state index is 14.6. The lowest BCUT2D eigenvalue weighted by Gasteiger charge is -2.31. The van der Waals surface area contributed by atoms with E-state index in [1.165, 1.54) is 18.5 Å². The van der Waals surface area contributed by atoms with E-state index in [0.29, 0.717) is 5.56 Å². The predicted octanol–water partition coefficient (Wildman–Crippen LogP) is 2.59. The van der Waals surface area contributed by atoms with Crippen LogP contribution in [-0.2, 0) is 4.74 Å². The molecule has 33 heavy (non-hydrogen) atoms. The minimum Gasteiger partial charge on any atom is -0.390 e. The molecule has 0 spiro atoms. The number of halogens is 3. The first-order valence-electron chi connectivity index (χ1n) is 9.99. The van der Waals surface area contributed by atoms with Gasteiger partial charge in [-0.25, -0.2) is 18.7 Å². The summed E-state index contributed by atoms with van der Waals surface area (Å²) in [5.41, 5.74) is 0.0430. The first kappa shape index (κ1) is 23.1. The van der Waals surface area contributed by atoms with Crippen LogP contribution < -0.4 is 5.32 Å². The summed E-state index contributed by atoms with van der Waals surface area (Å²) >= 11 is 5.68. The quantitative estimate of drug-likeness (QED) is 0.382. The molecule has 2 aromatic heterocycles. The molecule has 4 rings (SSSR count). The number of rotatable bonds is 5. The highest BCUT2D eigenvalue weighted by Crippen LogP contribution is 2.37. The zero-order chi connectivity index (χ0) is 23.5. The Kier molecular flexibility index (Phi) is 6.89. The van der Waals surface area contributed by atoms with E-state index in [4.69, 9.17) is 16.3 Å². The van der Waals surface area contributed by atoms with Gasteiger partial charge in [0.15, 0.2) is 5.82 Å². The highest BCUT2D eigenvalue weighted by atomic mass is 35.5. The van der Waals surface area contributed by atoms with Crippen LogP contribution in [0.1, 0.15) is 28.7 Å². The van der Waals surface area contributed by atoms with Crippen LogP contribution in [-0.4, -0.2) is 55.9 Å². The lowest BCUT2D eigenvalue weighted by molar-refractivity contribution is -0.123. The van der Waals surface area contributed by atoms with Crippen molar-refractivity contribution in [2.24, 2.45) is 0 Å². The number of aliphatic hydroxyl groups is 2. The highest BCUT2D eigenvalue weighted by molar-refractivity contribution is 6.19. The second-order valence-electron chi connectivity index (χ2n) is 7.33. The minimum absolute atomic E-state index is 0.0683. The molecule has 0 aliphatic carbocycles. The zero-order valence-electron chi connectivity index (χ0n) is 17.1. The topological polar surface area (TPSA) is 117 Å². The summed E-state index contributed by atoms with van der Waals surface area (Å²) in [5, 5.41) is 22.5. The molecule has 11 heteroatoms. The Hall–Kier alpha value is -3.05. The van der Waals surface area contributed by atoms with Crippen molar-refractivity contribution in [3.63, 3.8) is 0 Å². The standard InChI is InChI=1S/C22H19ClF2N4O4/c23-10-27-22(32)20-17(11-3-2-6-26-8-11)19(16-7-14(30)15(31)9-33-16)28-21(29-20)18-12(24)4-1-5-13(18)25/h1-6,8,14-16,30-31H,7,9-10H2,(H,27,32). The summed E-state index contributed by atoms with van der Waals surface area (Å²) in [7, 11) is 0. The van der Waals surface area contributed by atoms with E-state index in [0.717, 1.165) is 12.1 Å². The molecule has 3 N–H and O–H groups in total. The highest BCUT2D eigenvalue weighted by Gasteiger charge is 2.34. The van der Waals surface area contributed by atoms with Crippen molar-refractivity contribution in [2.75, 3.05) is 12.6 Å². The first-order valence-corrected chi connectivity index (χ1v) is 10.5. The minimum atomic E-state index is -1.13. The lowest BCUT2D eigenvalue weighted by atomic mass is 9.94. The third-order valence-corrected chi connectivity index (χ3v) is 5.32. The molecular weight excluding hydrogens is 458 g/mol. The summed E-state index contributed by atoms with van der Waals surface area (Å²) in [6.07, 6.45) is -0.208. The van der Waals surface area contributed by atoms with Gasteiger partial charge in [0.1, 0.15) is 29.5 Å². The van der Waals surface area contributed by atoms with Crippen molar-refractivity contribution in [3.05, 3.63) is 65.7 Å². The van der Waals surface area contributed by atoms with Gasteiger partial charge in [-0.05, 0) is 18.2 Å². The fourth-order valence-electron chi connectivity index (χ4n) is 3.60. The van der Waals surface area contributed by atoms with Gasteiger partial charge in [0.2, 0.25) is 0 Å². The number of hydrogen-bond acceptors (Lipinski definition) is 7. The molecule has 1 amide bonds. The molecule has 1 aliphatic rings. The van der Waals surface area contributed by atoms with Crippen LogP contribution in [0.25, 0.3) is 22.5 Å². The number of nitrogens with zero attached hydrogens (tertiary/aromatic N) is 3. The van der Waals surface area contributed by atoms with E-state index in [9.17, 15) is 23.8 Å². The van der Waals surface area contributed by atoms with Crippen LogP contribution in [0.4, 0.5) is 8.78 Å². The van der Waals surface area contributed by atoms with Gasteiger partial charge in [0, 0.05) is 29.9 Å². The maximum atomic E-state index is 14.6. The first-order chi connectivity index (χ1) is 15.9. The van der Waals surface area contributed by atoms with Gasteiger partial charge >= 0.3 is 0 Å². The monoisotopic (exact) mass is 476 g/mol. The smallest absolute Gasteiger partial charge is 0.271 e. The van der Waals surface area contributed by atoms with Crippen LogP contribution in [0.3, 0.4) is 0 Å². The van der Waals surface area contributed by atoms with E-state index in [1.54, 1.807) is 12.1 Å². The fraction of sp³-hybridized carbons (Fsp3) is 0.273. The SMILES string of the molecule is O=C(NCCl)c1nc(-c2c(F)cccc2F)nc(C2CC(O)C(O)CO2)c1-c1cccnc1. The van der Waals surface area contributed by atoms with Gasteiger partial charge in [0.05, 0.1) is 30.0 Å². The molecular formula is C22H19ClF2N4O4. The number of aliphatic hydroxyl groups excluding tert-OH is 2. The number of nitrogens with one attached hydrogen (secondary N) is 1. The average molecular weight is 477 g/mol. The number of benzene rings is 1. The van der Waals surface area contributed by atoms with Crippen molar-refractivity contribution in [1.82, 2.24) is 20.3 Å². The number of pyridine rings is 1. The molecule has 1 saturated heterocycles. The molecule has 1 fully saturated rings. The Morgan fingerprint density at radius 1 is 1.12 bits per heavy atom. The van der Waals surface area contributed by atoms with Crippen LogP contribution in [0.5, 0.6) is 0 Å². The molecule has 3 aromatic rings. The van der Waals surface area contributed by atoms with Crippen LogP contribution in [0.15, 0.2) is 42.7 Å². The molecule has 8 nitrogen and oxygen atoms in total. The van der Waals surface area contributed by atoms with Gasteiger partial charge in [-0.2, -0.15) is 0 Å². The van der Waals surface area contributed by atoms with Gasteiger partial charge in [-0.15, -0.1) is 11.6 Å². The molecule has 3 unspecified atom stereocenters. The Bertz CT molecular complexity index is 1150. The summed E-state index contributed by atoms with van der Waals surface area (Å²) in [6, 6.07) is 6.34. The molecule has 0 saturated carbocycles. The Balaban J connectivity index is 2.00. The van der Waals surface area contributed by atoms with Crippen molar-refractivity contribution in [2.45, 2.75) is 24.7 Å². The van der Waals surface area contributed by atoms with E-state index in [2.05, 4.69) is 20.3 Å². The van der Waals surface area contributed by atoms with Crippen LogP contribution in [0.2, 0.25) is 0 Å². The molecule has 1 aromatic carbocycles. The number of carbonyl (C=O) groups is 1. The summed E-state index contributed by atoms with van der Waals surface area (Å²) in [6.45, 7) is -0.199. The third-order valence-electron chi connectivity index (χ3n) is 5.19. The number of amides is 1. The van der Waals surface area contributed by atoms with Gasteiger partial charge < -0.3 is 20.3 Å². The molecule has 0 bridgehead atoms. The second-order valence-corrected chi connectivity index (χ2v) is 7.59. The number of ether oxygens (including phenoxy) is 1. The normalized spacial score (nSPS) is 20.5. The Morgan fingerprint density at radius 3 is 2.52 bits per heavy atom. The van der Waals surface area contributed by atoms with Crippen molar-refractivity contribution in [1.29, 1.82) is 0 Å². The second kappa shape index (κ2) is 9.84. The van der Waals surface area contributed by atoms with E-state index < -0.39 is 41.4 Å². The molecule has 3 heterocycles. The van der Waals surface area contributed by atoms with Crippen LogP contribution >= 0.6 is 11.6 Å². The predicted molar refractivity (Wildman–Crippen MR) is 114 cm³/mol. The number of hydrogen-bond donors (Lipinski definition) is 3. The fourth-order valence-corrected chi connectivity index (χ4v) is 3.72. The van der Waals surface area contributed by atoms with Crippen molar-refractivity contribution < 1.29 is 28.5 Å². The summed E-state index contributed by atoms with van der Waals surface area (Å²) < 4.78 is 34.8.